The van der Waals surface area contributed by atoms with Gasteiger partial charge in [-0.3, -0.25) is 4.79 Å². The first kappa shape index (κ1) is 16.8. The number of amides is 1. The minimum absolute atomic E-state index is 0.0382. The molecule has 0 aliphatic rings. The van der Waals surface area contributed by atoms with Crippen molar-refractivity contribution in [2.45, 2.75) is 26.1 Å². The third-order valence-corrected chi connectivity index (χ3v) is 2.93. The van der Waals surface area contributed by atoms with Crippen LogP contribution in [0.1, 0.15) is 29.9 Å². The van der Waals surface area contributed by atoms with Crippen LogP contribution in [0.3, 0.4) is 0 Å². The second kappa shape index (κ2) is 6.68. The van der Waals surface area contributed by atoms with E-state index in [9.17, 15) is 18.0 Å². The molecular formula is C16H16F3N3O. The molecule has 0 aliphatic heterocycles. The van der Waals surface area contributed by atoms with E-state index < -0.39 is 17.6 Å². The summed E-state index contributed by atoms with van der Waals surface area (Å²) in [5.74, 6) is -0.696. The van der Waals surface area contributed by atoms with Gasteiger partial charge in [-0.05, 0) is 38.1 Å². The summed E-state index contributed by atoms with van der Waals surface area (Å²) in [6.07, 6.45) is -3.08. The zero-order chi connectivity index (χ0) is 17.0. The number of alkyl halides is 3. The predicted octanol–water partition coefficient (Wildman–Crippen LogP) is 4.17. The fourth-order valence-corrected chi connectivity index (χ4v) is 1.97. The Bertz CT molecular complexity index is 682. The summed E-state index contributed by atoms with van der Waals surface area (Å²) in [5, 5.41) is 5.36. The molecule has 0 spiro atoms. The van der Waals surface area contributed by atoms with Crippen LogP contribution in [-0.2, 0) is 6.18 Å². The molecule has 2 N–H and O–H groups in total. The second-order valence-electron chi connectivity index (χ2n) is 5.23. The highest BCUT2D eigenvalue weighted by Crippen LogP contribution is 2.34. The lowest BCUT2D eigenvalue weighted by Crippen LogP contribution is -2.18. The number of halogens is 3. The summed E-state index contributed by atoms with van der Waals surface area (Å²) in [6.45, 7) is 3.91. The SMILES string of the molecule is CC(C)Nc1ccc(C(=O)Nc2ccccc2C(F)(F)F)nc1. The van der Waals surface area contributed by atoms with E-state index in [1.54, 1.807) is 6.07 Å². The average Bonchev–Trinajstić information content (AvgIpc) is 2.46. The number of carbonyl (C=O) groups excluding carboxylic acids is 1. The molecule has 2 rings (SSSR count). The Morgan fingerprint density at radius 3 is 2.39 bits per heavy atom. The molecule has 0 saturated carbocycles. The van der Waals surface area contributed by atoms with Crippen LogP contribution in [0.5, 0.6) is 0 Å². The molecule has 23 heavy (non-hydrogen) atoms. The smallest absolute Gasteiger partial charge is 0.382 e. The Balaban J connectivity index is 2.17. The Morgan fingerprint density at radius 2 is 1.83 bits per heavy atom. The fraction of sp³-hybridized carbons (Fsp3) is 0.250. The first-order valence-electron chi connectivity index (χ1n) is 6.97. The van der Waals surface area contributed by atoms with Gasteiger partial charge in [-0.15, -0.1) is 0 Å². The van der Waals surface area contributed by atoms with Gasteiger partial charge in [0.15, 0.2) is 0 Å². The van der Waals surface area contributed by atoms with Gasteiger partial charge >= 0.3 is 6.18 Å². The number of carbonyl (C=O) groups is 1. The van der Waals surface area contributed by atoms with E-state index in [-0.39, 0.29) is 17.4 Å². The minimum atomic E-state index is -4.54. The molecule has 4 nitrogen and oxygen atoms in total. The minimum Gasteiger partial charge on any atom is -0.382 e. The lowest BCUT2D eigenvalue weighted by Gasteiger charge is -2.13. The quantitative estimate of drug-likeness (QED) is 0.888. The molecule has 0 atom stereocenters. The standard InChI is InChI=1S/C16H16F3N3O/c1-10(2)21-11-7-8-14(20-9-11)15(23)22-13-6-4-3-5-12(13)16(17,18)19/h3-10,21H,1-2H3,(H,22,23). The van der Waals surface area contributed by atoms with E-state index in [2.05, 4.69) is 15.6 Å². The number of hydrogen-bond donors (Lipinski definition) is 2. The Hall–Kier alpha value is -2.57. The lowest BCUT2D eigenvalue weighted by atomic mass is 10.1. The van der Waals surface area contributed by atoms with Crippen LogP contribution in [0.4, 0.5) is 24.5 Å². The Morgan fingerprint density at radius 1 is 1.13 bits per heavy atom. The zero-order valence-corrected chi connectivity index (χ0v) is 12.6. The molecule has 1 aromatic heterocycles. The van der Waals surface area contributed by atoms with Crippen LogP contribution in [0.15, 0.2) is 42.6 Å². The van der Waals surface area contributed by atoms with Crippen molar-refractivity contribution in [2.24, 2.45) is 0 Å². The maximum atomic E-state index is 12.9. The van der Waals surface area contributed by atoms with Crippen LogP contribution in [0.2, 0.25) is 0 Å². The monoisotopic (exact) mass is 323 g/mol. The summed E-state index contributed by atoms with van der Waals surface area (Å²) >= 11 is 0. The first-order valence-corrected chi connectivity index (χ1v) is 6.97. The summed E-state index contributed by atoms with van der Waals surface area (Å²) in [4.78, 5) is 16.0. The van der Waals surface area contributed by atoms with E-state index in [1.807, 2.05) is 13.8 Å². The van der Waals surface area contributed by atoms with Gasteiger partial charge in [-0.1, -0.05) is 12.1 Å². The molecule has 1 aromatic carbocycles. The average molecular weight is 323 g/mol. The number of pyridine rings is 1. The van der Waals surface area contributed by atoms with Crippen molar-refractivity contribution in [2.75, 3.05) is 10.6 Å². The highest BCUT2D eigenvalue weighted by Gasteiger charge is 2.33. The third kappa shape index (κ3) is 4.45. The molecule has 1 heterocycles. The number of aromatic nitrogens is 1. The summed E-state index contributed by atoms with van der Waals surface area (Å²) in [6, 6.07) is 8.12. The molecule has 0 radical (unpaired) electrons. The molecule has 1 amide bonds. The molecule has 0 fully saturated rings. The lowest BCUT2D eigenvalue weighted by molar-refractivity contribution is -0.136. The van der Waals surface area contributed by atoms with Crippen molar-refractivity contribution in [3.63, 3.8) is 0 Å². The molecule has 0 saturated heterocycles. The largest absolute Gasteiger partial charge is 0.418 e. The summed E-state index contributed by atoms with van der Waals surface area (Å²) in [7, 11) is 0. The van der Waals surface area contributed by atoms with Gasteiger partial charge in [0, 0.05) is 6.04 Å². The normalized spacial score (nSPS) is 11.4. The van der Waals surface area contributed by atoms with E-state index in [0.717, 1.165) is 11.8 Å². The third-order valence-electron chi connectivity index (χ3n) is 2.93. The topological polar surface area (TPSA) is 54.0 Å². The van der Waals surface area contributed by atoms with Crippen molar-refractivity contribution >= 4 is 17.3 Å². The van der Waals surface area contributed by atoms with Crippen LogP contribution < -0.4 is 10.6 Å². The molecule has 2 aromatic rings. The second-order valence-corrected chi connectivity index (χ2v) is 5.23. The zero-order valence-electron chi connectivity index (χ0n) is 12.6. The van der Waals surface area contributed by atoms with Crippen molar-refractivity contribution in [3.8, 4) is 0 Å². The van der Waals surface area contributed by atoms with Gasteiger partial charge in [0.2, 0.25) is 0 Å². The highest BCUT2D eigenvalue weighted by atomic mass is 19.4. The number of benzene rings is 1. The number of nitrogens with zero attached hydrogens (tertiary/aromatic N) is 1. The predicted molar refractivity (Wildman–Crippen MR) is 82.4 cm³/mol. The molecule has 122 valence electrons. The number of anilines is 2. The first-order chi connectivity index (χ1) is 10.8. The van der Waals surface area contributed by atoms with Gasteiger partial charge in [-0.2, -0.15) is 13.2 Å². The van der Waals surface area contributed by atoms with Gasteiger partial charge < -0.3 is 10.6 Å². The molecule has 0 aliphatic carbocycles. The van der Waals surface area contributed by atoms with E-state index >= 15 is 0 Å². The molecule has 7 heteroatoms. The number of hydrogen-bond acceptors (Lipinski definition) is 3. The van der Waals surface area contributed by atoms with Crippen molar-refractivity contribution < 1.29 is 18.0 Å². The summed E-state index contributed by atoms with van der Waals surface area (Å²) < 4.78 is 38.7. The van der Waals surface area contributed by atoms with E-state index in [1.165, 1.54) is 30.5 Å². The number of nitrogens with one attached hydrogen (secondary N) is 2. The maximum absolute atomic E-state index is 12.9. The Kier molecular flexibility index (Phi) is 4.88. The van der Waals surface area contributed by atoms with Crippen LogP contribution >= 0.6 is 0 Å². The maximum Gasteiger partial charge on any atom is 0.418 e. The van der Waals surface area contributed by atoms with E-state index in [0.29, 0.717) is 0 Å². The van der Waals surface area contributed by atoms with Crippen LogP contribution in [0, 0.1) is 0 Å². The highest BCUT2D eigenvalue weighted by molar-refractivity contribution is 6.03. The van der Waals surface area contributed by atoms with Gasteiger partial charge in [0.25, 0.3) is 5.91 Å². The molecule has 0 bridgehead atoms. The number of para-hydroxylation sites is 1. The molecular weight excluding hydrogens is 307 g/mol. The van der Waals surface area contributed by atoms with Crippen molar-refractivity contribution in [1.29, 1.82) is 0 Å². The van der Waals surface area contributed by atoms with Crippen LogP contribution in [-0.4, -0.2) is 16.9 Å². The van der Waals surface area contributed by atoms with Crippen molar-refractivity contribution in [1.82, 2.24) is 4.98 Å². The fourth-order valence-electron chi connectivity index (χ4n) is 1.97. The summed E-state index contributed by atoms with van der Waals surface area (Å²) in [5.41, 5.74) is -0.425. The van der Waals surface area contributed by atoms with E-state index in [4.69, 9.17) is 0 Å². The van der Waals surface area contributed by atoms with Gasteiger partial charge in [0.1, 0.15) is 5.69 Å². The van der Waals surface area contributed by atoms with Crippen molar-refractivity contribution in [3.05, 3.63) is 53.9 Å². The van der Waals surface area contributed by atoms with Crippen LogP contribution in [0.25, 0.3) is 0 Å². The van der Waals surface area contributed by atoms with Gasteiger partial charge in [-0.25, -0.2) is 4.98 Å². The molecule has 0 unspecified atom stereocenters. The van der Waals surface area contributed by atoms with Gasteiger partial charge in [0.05, 0.1) is 23.1 Å². The Labute approximate surface area is 131 Å². The number of rotatable bonds is 4.